The third-order valence-corrected chi connectivity index (χ3v) is 1.49. The van der Waals surface area contributed by atoms with Crippen molar-refractivity contribution in [2.75, 3.05) is 19.8 Å². The van der Waals surface area contributed by atoms with Crippen LogP contribution in [0.1, 0.15) is 27.2 Å². The summed E-state index contributed by atoms with van der Waals surface area (Å²) in [5, 5.41) is 3.08. The highest BCUT2D eigenvalue weighted by atomic mass is 127. The zero-order valence-corrected chi connectivity index (χ0v) is 12.8. The lowest BCUT2D eigenvalue weighted by Gasteiger charge is -2.20. The lowest BCUT2D eigenvalue weighted by molar-refractivity contribution is 0.146. The van der Waals surface area contributed by atoms with Gasteiger partial charge in [-0.1, -0.05) is 6.08 Å². The molecule has 0 fully saturated rings. The van der Waals surface area contributed by atoms with Crippen LogP contribution in [-0.2, 0) is 4.74 Å². The molecule has 0 aliphatic rings. The maximum atomic E-state index is 5.67. The molecule has 0 heterocycles. The van der Waals surface area contributed by atoms with E-state index in [9.17, 15) is 0 Å². The number of hydrogen-bond acceptors (Lipinski definition) is 2. The molecule has 0 atom stereocenters. The van der Waals surface area contributed by atoms with E-state index in [0.717, 1.165) is 6.42 Å². The molecule has 0 unspecified atom stereocenters. The Balaban J connectivity index is 0. The van der Waals surface area contributed by atoms with Crippen molar-refractivity contribution in [1.29, 1.82) is 0 Å². The van der Waals surface area contributed by atoms with Gasteiger partial charge in [0.05, 0.1) is 19.8 Å². The first-order valence-corrected chi connectivity index (χ1v) is 5.22. The number of nitrogens with zero attached hydrogens (tertiary/aromatic N) is 1. The number of hydrogen-bond donors (Lipinski definition) is 2. The maximum Gasteiger partial charge on any atom is 0.189 e. The predicted molar refractivity (Wildman–Crippen MR) is 80.4 cm³/mol. The molecular formula is C11H24IN3O. The second-order valence-corrected chi connectivity index (χ2v) is 4.33. The molecule has 0 radical (unpaired) electrons. The summed E-state index contributed by atoms with van der Waals surface area (Å²) < 4.78 is 5.29. The highest BCUT2D eigenvalue weighted by molar-refractivity contribution is 14.0. The second-order valence-electron chi connectivity index (χ2n) is 4.33. The average Bonchev–Trinajstić information content (AvgIpc) is 2.08. The maximum absolute atomic E-state index is 5.67. The summed E-state index contributed by atoms with van der Waals surface area (Å²) in [5.74, 6) is 0.467. The van der Waals surface area contributed by atoms with E-state index in [-0.39, 0.29) is 29.5 Å². The van der Waals surface area contributed by atoms with E-state index in [1.165, 1.54) is 0 Å². The minimum Gasteiger partial charge on any atom is -0.379 e. The first-order chi connectivity index (χ1) is 6.95. The van der Waals surface area contributed by atoms with Crippen molar-refractivity contribution in [2.24, 2.45) is 10.7 Å². The van der Waals surface area contributed by atoms with Crippen LogP contribution in [0.25, 0.3) is 0 Å². The zero-order valence-electron chi connectivity index (χ0n) is 10.5. The second kappa shape index (κ2) is 9.89. The van der Waals surface area contributed by atoms with Crippen LogP contribution in [0.5, 0.6) is 0 Å². The molecule has 0 saturated carbocycles. The van der Waals surface area contributed by atoms with Gasteiger partial charge >= 0.3 is 0 Å². The molecule has 0 aromatic carbocycles. The van der Waals surface area contributed by atoms with Gasteiger partial charge in [-0.3, -0.25) is 4.99 Å². The normalized spacial score (nSPS) is 11.8. The van der Waals surface area contributed by atoms with Gasteiger partial charge in [-0.2, -0.15) is 0 Å². The minimum atomic E-state index is -0.0444. The highest BCUT2D eigenvalue weighted by Gasteiger charge is 2.09. The van der Waals surface area contributed by atoms with Crippen molar-refractivity contribution in [3.63, 3.8) is 0 Å². The van der Waals surface area contributed by atoms with Crippen LogP contribution in [0, 0.1) is 0 Å². The lowest BCUT2D eigenvalue weighted by Crippen LogP contribution is -2.45. The molecule has 5 heteroatoms. The molecule has 0 aliphatic heterocycles. The van der Waals surface area contributed by atoms with E-state index in [0.29, 0.717) is 25.7 Å². The molecule has 0 saturated heterocycles. The number of rotatable bonds is 6. The van der Waals surface area contributed by atoms with Crippen molar-refractivity contribution in [1.82, 2.24) is 5.32 Å². The molecule has 16 heavy (non-hydrogen) atoms. The molecular weight excluding hydrogens is 317 g/mol. The zero-order chi connectivity index (χ0) is 11.7. The van der Waals surface area contributed by atoms with Crippen molar-refractivity contribution in [3.05, 3.63) is 12.7 Å². The monoisotopic (exact) mass is 341 g/mol. The SMILES string of the molecule is C=CCCOCCN=C(N)NC(C)(C)C.I. The van der Waals surface area contributed by atoms with E-state index < -0.39 is 0 Å². The molecule has 0 aliphatic carbocycles. The Morgan fingerprint density at radius 2 is 2.06 bits per heavy atom. The van der Waals surface area contributed by atoms with E-state index in [1.807, 2.05) is 26.8 Å². The van der Waals surface area contributed by atoms with Gasteiger partial charge in [0.15, 0.2) is 5.96 Å². The lowest BCUT2D eigenvalue weighted by atomic mass is 10.1. The molecule has 0 rings (SSSR count). The highest BCUT2D eigenvalue weighted by Crippen LogP contribution is 1.96. The minimum absolute atomic E-state index is 0. The van der Waals surface area contributed by atoms with Crippen LogP contribution in [0.3, 0.4) is 0 Å². The van der Waals surface area contributed by atoms with Gasteiger partial charge in [-0.15, -0.1) is 30.6 Å². The summed E-state index contributed by atoms with van der Waals surface area (Å²) in [6, 6.07) is 0. The number of aliphatic imine (C=N–C) groups is 1. The summed E-state index contributed by atoms with van der Waals surface area (Å²) in [6.45, 7) is 11.6. The van der Waals surface area contributed by atoms with Crippen molar-refractivity contribution in [2.45, 2.75) is 32.7 Å². The number of halogens is 1. The van der Waals surface area contributed by atoms with Gasteiger partial charge in [-0.25, -0.2) is 0 Å². The van der Waals surface area contributed by atoms with Gasteiger partial charge in [0.25, 0.3) is 0 Å². The van der Waals surface area contributed by atoms with Gasteiger partial charge < -0.3 is 15.8 Å². The molecule has 0 spiro atoms. The Bertz CT molecular complexity index is 212. The van der Waals surface area contributed by atoms with Gasteiger partial charge in [0.1, 0.15) is 0 Å². The van der Waals surface area contributed by atoms with E-state index in [2.05, 4.69) is 16.9 Å². The fourth-order valence-corrected chi connectivity index (χ4v) is 0.923. The first-order valence-electron chi connectivity index (χ1n) is 5.22. The largest absolute Gasteiger partial charge is 0.379 e. The third kappa shape index (κ3) is 13.7. The van der Waals surface area contributed by atoms with Crippen LogP contribution >= 0.6 is 24.0 Å². The topological polar surface area (TPSA) is 59.6 Å². The van der Waals surface area contributed by atoms with Crippen molar-refractivity contribution in [3.8, 4) is 0 Å². The Kier molecular flexibility index (Phi) is 11.2. The van der Waals surface area contributed by atoms with Crippen LogP contribution in [0.2, 0.25) is 0 Å². The molecule has 3 N–H and O–H groups in total. The summed E-state index contributed by atoms with van der Waals surface area (Å²) in [4.78, 5) is 4.14. The molecule has 4 nitrogen and oxygen atoms in total. The smallest absolute Gasteiger partial charge is 0.189 e. The Morgan fingerprint density at radius 1 is 1.44 bits per heavy atom. The van der Waals surface area contributed by atoms with Crippen LogP contribution in [0.15, 0.2) is 17.6 Å². The summed E-state index contributed by atoms with van der Waals surface area (Å²) in [6.07, 6.45) is 2.71. The Labute approximate surface area is 116 Å². The van der Waals surface area contributed by atoms with E-state index >= 15 is 0 Å². The number of ether oxygens (including phenoxy) is 1. The summed E-state index contributed by atoms with van der Waals surface area (Å²) in [5.41, 5.74) is 5.62. The molecule has 0 bridgehead atoms. The van der Waals surface area contributed by atoms with Gasteiger partial charge in [-0.05, 0) is 27.2 Å². The van der Waals surface area contributed by atoms with Crippen LogP contribution in [-0.4, -0.2) is 31.3 Å². The van der Waals surface area contributed by atoms with E-state index in [1.54, 1.807) is 0 Å². The fourth-order valence-electron chi connectivity index (χ4n) is 0.923. The number of nitrogens with two attached hydrogens (primary N) is 1. The van der Waals surface area contributed by atoms with Crippen LogP contribution < -0.4 is 11.1 Å². The molecule has 0 aromatic heterocycles. The molecule has 0 amide bonds. The standard InChI is InChI=1S/C11H23N3O.HI/c1-5-6-8-15-9-7-13-10(12)14-11(2,3)4;/h5H,1,6-9H2,2-4H3,(H3,12,13,14);1H. The average molecular weight is 341 g/mol. The van der Waals surface area contributed by atoms with Gasteiger partial charge in [0, 0.05) is 5.54 Å². The Hall–Kier alpha value is -0.300. The molecule has 0 aromatic rings. The van der Waals surface area contributed by atoms with Crippen molar-refractivity contribution < 1.29 is 4.74 Å². The molecule has 96 valence electrons. The number of guanidine groups is 1. The van der Waals surface area contributed by atoms with E-state index in [4.69, 9.17) is 10.5 Å². The predicted octanol–water partition coefficient (Wildman–Crippen LogP) is 1.90. The van der Waals surface area contributed by atoms with Gasteiger partial charge in [0.2, 0.25) is 0 Å². The fraction of sp³-hybridized carbons (Fsp3) is 0.727. The summed E-state index contributed by atoms with van der Waals surface area (Å²) in [7, 11) is 0. The quantitative estimate of drug-likeness (QED) is 0.255. The third-order valence-electron chi connectivity index (χ3n) is 1.49. The Morgan fingerprint density at radius 3 is 2.56 bits per heavy atom. The van der Waals surface area contributed by atoms with Crippen LogP contribution in [0.4, 0.5) is 0 Å². The first kappa shape index (κ1) is 18.1. The number of nitrogens with one attached hydrogen (secondary N) is 1. The summed E-state index contributed by atoms with van der Waals surface area (Å²) >= 11 is 0. The van der Waals surface area contributed by atoms with Crippen molar-refractivity contribution >= 4 is 29.9 Å².